The second-order valence-electron chi connectivity index (χ2n) is 5.57. The van der Waals surface area contributed by atoms with Crippen molar-refractivity contribution in [3.63, 3.8) is 0 Å². The van der Waals surface area contributed by atoms with Crippen molar-refractivity contribution in [2.75, 3.05) is 0 Å². The van der Waals surface area contributed by atoms with E-state index in [1.807, 2.05) is 0 Å². The summed E-state index contributed by atoms with van der Waals surface area (Å²) in [5, 5.41) is 10.6. The maximum absolute atomic E-state index is 12.9. The number of hydrogen-bond acceptors (Lipinski definition) is 4. The van der Waals surface area contributed by atoms with E-state index in [-0.39, 0.29) is 18.1 Å². The van der Waals surface area contributed by atoms with E-state index in [1.165, 1.54) is 36.4 Å². The maximum atomic E-state index is 12.9. The van der Waals surface area contributed by atoms with Gasteiger partial charge in [0, 0.05) is 23.3 Å². The van der Waals surface area contributed by atoms with Gasteiger partial charge in [-0.2, -0.15) is 0 Å². The largest absolute Gasteiger partial charge is 0.489 e. The van der Waals surface area contributed by atoms with E-state index in [2.05, 4.69) is 0 Å². The smallest absolute Gasteiger partial charge is 0.269 e. The molecule has 3 aromatic rings. The molecule has 0 spiro atoms. The fourth-order valence-corrected chi connectivity index (χ4v) is 2.35. The molecule has 0 aromatic heterocycles. The van der Waals surface area contributed by atoms with Gasteiger partial charge in [-0.15, -0.1) is 0 Å². The van der Waals surface area contributed by atoms with Gasteiger partial charge in [-0.3, -0.25) is 14.9 Å². The molecule has 0 aliphatic heterocycles. The zero-order chi connectivity index (χ0) is 18.5. The van der Waals surface area contributed by atoms with Crippen molar-refractivity contribution in [2.45, 2.75) is 6.61 Å². The Morgan fingerprint density at radius 2 is 1.42 bits per heavy atom. The lowest BCUT2D eigenvalue weighted by Gasteiger charge is -2.07. The number of hydrogen-bond donors (Lipinski definition) is 0. The van der Waals surface area contributed by atoms with E-state index in [4.69, 9.17) is 4.74 Å². The fourth-order valence-electron chi connectivity index (χ4n) is 2.35. The van der Waals surface area contributed by atoms with Crippen LogP contribution in [0.25, 0.3) is 0 Å². The molecule has 3 rings (SSSR count). The number of non-ortho nitro benzene ring substituents is 1. The van der Waals surface area contributed by atoms with Crippen LogP contribution in [0.3, 0.4) is 0 Å². The minimum atomic E-state index is -0.457. The van der Waals surface area contributed by atoms with Crippen molar-refractivity contribution >= 4 is 11.5 Å². The number of nitro groups is 1. The first-order valence-corrected chi connectivity index (χ1v) is 7.79. The standard InChI is InChI=1S/C20H14FNO4/c21-17-7-3-15(4-8-17)20(23)16-5-11-19(12-6-16)26-13-14-1-9-18(10-2-14)22(24)25/h1-12H,13H2. The number of halogens is 1. The Balaban J connectivity index is 1.63. The topological polar surface area (TPSA) is 69.4 Å². The Bertz CT molecular complexity index is 920. The number of benzene rings is 3. The van der Waals surface area contributed by atoms with E-state index in [1.54, 1.807) is 36.4 Å². The van der Waals surface area contributed by atoms with Crippen LogP contribution in [0.1, 0.15) is 21.5 Å². The van der Waals surface area contributed by atoms with Crippen LogP contribution in [0.15, 0.2) is 72.8 Å². The van der Waals surface area contributed by atoms with Gasteiger partial charge in [0.2, 0.25) is 0 Å². The summed E-state index contributed by atoms with van der Waals surface area (Å²) in [6, 6.07) is 18.1. The van der Waals surface area contributed by atoms with E-state index < -0.39 is 10.7 Å². The van der Waals surface area contributed by atoms with Crippen molar-refractivity contribution in [3.8, 4) is 5.75 Å². The van der Waals surface area contributed by atoms with Crippen molar-refractivity contribution in [3.05, 3.63) is 105 Å². The summed E-state index contributed by atoms with van der Waals surface area (Å²) >= 11 is 0. The van der Waals surface area contributed by atoms with Crippen LogP contribution in [0.2, 0.25) is 0 Å². The van der Waals surface area contributed by atoms with Gasteiger partial charge in [0.05, 0.1) is 4.92 Å². The summed E-state index contributed by atoms with van der Waals surface area (Å²) in [5.41, 5.74) is 1.70. The van der Waals surface area contributed by atoms with Crippen molar-refractivity contribution < 1.29 is 18.8 Å². The molecule has 130 valence electrons. The van der Waals surface area contributed by atoms with Gasteiger partial charge >= 0.3 is 0 Å². The Morgan fingerprint density at radius 3 is 1.96 bits per heavy atom. The monoisotopic (exact) mass is 351 g/mol. The fraction of sp³-hybridized carbons (Fsp3) is 0.0500. The Hall–Kier alpha value is -3.54. The summed E-state index contributed by atoms with van der Waals surface area (Å²) in [7, 11) is 0. The van der Waals surface area contributed by atoms with Gasteiger partial charge in [0.25, 0.3) is 5.69 Å². The van der Waals surface area contributed by atoms with Gasteiger partial charge in [-0.05, 0) is 66.2 Å². The molecule has 0 amide bonds. The third-order valence-electron chi connectivity index (χ3n) is 3.78. The second-order valence-corrected chi connectivity index (χ2v) is 5.57. The van der Waals surface area contributed by atoms with Crippen LogP contribution in [-0.2, 0) is 6.61 Å². The third kappa shape index (κ3) is 4.10. The molecule has 0 fully saturated rings. The predicted octanol–water partition coefficient (Wildman–Crippen LogP) is 4.54. The Labute approximate surface area is 148 Å². The summed E-state index contributed by atoms with van der Waals surface area (Å²) in [4.78, 5) is 22.5. The summed E-state index contributed by atoms with van der Waals surface area (Å²) < 4.78 is 18.5. The van der Waals surface area contributed by atoms with E-state index >= 15 is 0 Å². The highest BCUT2D eigenvalue weighted by Gasteiger charge is 2.09. The van der Waals surface area contributed by atoms with Crippen LogP contribution in [0.5, 0.6) is 5.75 Å². The zero-order valence-corrected chi connectivity index (χ0v) is 13.6. The Kier molecular flexibility index (Phi) is 5.03. The number of ketones is 1. The molecule has 6 heteroatoms. The molecule has 0 aliphatic carbocycles. The highest BCUT2D eigenvalue weighted by molar-refractivity contribution is 6.08. The van der Waals surface area contributed by atoms with Crippen LogP contribution < -0.4 is 4.74 Å². The third-order valence-corrected chi connectivity index (χ3v) is 3.78. The van der Waals surface area contributed by atoms with Crippen LogP contribution in [0.4, 0.5) is 10.1 Å². The van der Waals surface area contributed by atoms with Gasteiger partial charge < -0.3 is 4.74 Å². The maximum Gasteiger partial charge on any atom is 0.269 e. The molecule has 3 aromatic carbocycles. The highest BCUT2D eigenvalue weighted by atomic mass is 19.1. The summed E-state index contributed by atoms with van der Waals surface area (Å²) in [6.07, 6.45) is 0. The minimum absolute atomic E-state index is 0.0254. The van der Waals surface area contributed by atoms with E-state index in [9.17, 15) is 19.3 Å². The second kappa shape index (κ2) is 7.57. The lowest BCUT2D eigenvalue weighted by molar-refractivity contribution is -0.384. The predicted molar refractivity (Wildman–Crippen MR) is 93.7 cm³/mol. The Morgan fingerprint density at radius 1 is 0.885 bits per heavy atom. The molecule has 0 N–H and O–H groups in total. The molecule has 0 radical (unpaired) electrons. The normalized spacial score (nSPS) is 10.3. The van der Waals surface area contributed by atoms with Gasteiger partial charge in [0.15, 0.2) is 5.78 Å². The zero-order valence-electron chi connectivity index (χ0n) is 13.6. The van der Waals surface area contributed by atoms with E-state index in [0.29, 0.717) is 16.9 Å². The van der Waals surface area contributed by atoms with Crippen molar-refractivity contribution in [1.82, 2.24) is 0 Å². The quantitative estimate of drug-likeness (QED) is 0.371. The summed E-state index contributed by atoms with van der Waals surface area (Å²) in [6.45, 7) is 0.253. The van der Waals surface area contributed by atoms with Gasteiger partial charge in [0.1, 0.15) is 18.2 Å². The number of carbonyl (C=O) groups excluding carboxylic acids is 1. The first-order valence-electron chi connectivity index (χ1n) is 7.79. The molecule has 5 nitrogen and oxygen atoms in total. The lowest BCUT2D eigenvalue weighted by atomic mass is 10.0. The van der Waals surface area contributed by atoms with Crippen LogP contribution >= 0.6 is 0 Å². The molecule has 0 heterocycles. The van der Waals surface area contributed by atoms with Crippen LogP contribution in [-0.4, -0.2) is 10.7 Å². The molecule has 0 saturated heterocycles. The SMILES string of the molecule is O=C(c1ccc(F)cc1)c1ccc(OCc2ccc([N+](=O)[O-])cc2)cc1. The average molecular weight is 351 g/mol. The first kappa shape index (κ1) is 17.3. The van der Waals surface area contributed by atoms with Crippen LogP contribution in [0, 0.1) is 15.9 Å². The molecule has 0 atom stereocenters. The first-order chi connectivity index (χ1) is 12.5. The molecule has 0 saturated carbocycles. The molecule has 26 heavy (non-hydrogen) atoms. The molecule has 0 bridgehead atoms. The molecule has 0 aliphatic rings. The highest BCUT2D eigenvalue weighted by Crippen LogP contribution is 2.18. The van der Waals surface area contributed by atoms with E-state index in [0.717, 1.165) is 5.56 Å². The van der Waals surface area contributed by atoms with Crippen molar-refractivity contribution in [1.29, 1.82) is 0 Å². The minimum Gasteiger partial charge on any atom is -0.489 e. The van der Waals surface area contributed by atoms with Gasteiger partial charge in [-0.25, -0.2) is 4.39 Å². The number of nitrogens with zero attached hydrogens (tertiary/aromatic N) is 1. The molecule has 0 unspecified atom stereocenters. The number of carbonyl (C=O) groups is 1. The number of ether oxygens (including phenoxy) is 1. The van der Waals surface area contributed by atoms with Crippen molar-refractivity contribution in [2.24, 2.45) is 0 Å². The average Bonchev–Trinajstić information content (AvgIpc) is 2.67. The van der Waals surface area contributed by atoms with Gasteiger partial charge in [-0.1, -0.05) is 0 Å². The molecular weight excluding hydrogens is 337 g/mol. The number of nitro benzene ring substituents is 1. The number of rotatable bonds is 6. The lowest BCUT2D eigenvalue weighted by Crippen LogP contribution is -2.01. The summed E-state index contributed by atoms with van der Waals surface area (Å²) in [5.74, 6) is -0.0255. The molecular formula is C20H14FNO4.